The fourth-order valence-corrected chi connectivity index (χ4v) is 15.2. The van der Waals surface area contributed by atoms with Crippen molar-refractivity contribution in [3.05, 3.63) is 0 Å². The third-order valence-electron chi connectivity index (χ3n) is 11.4. The summed E-state index contributed by atoms with van der Waals surface area (Å²) in [6, 6.07) is 0. The Kier molecular flexibility index (Phi) is 7.85. The second kappa shape index (κ2) is 10.4. The van der Waals surface area contributed by atoms with Gasteiger partial charge in [0.15, 0.2) is 0 Å². The minimum Gasteiger partial charge on any atom is -0.257 e. The maximum atomic E-state index is 12.9. The van der Waals surface area contributed by atoms with Gasteiger partial charge in [-0.25, -0.2) is 16.8 Å². The molecule has 0 aromatic carbocycles. The van der Waals surface area contributed by atoms with Gasteiger partial charge in [0.25, 0.3) is 0 Å². The predicted molar refractivity (Wildman–Crippen MR) is 140 cm³/mol. The highest BCUT2D eigenvalue weighted by atomic mass is 32.3. The molecular formula is C23H32F6N2O10S4. The average Bonchev–Trinajstić information content (AvgIpc) is 3.52. The number of rotatable bonds is 10. The molecule has 12 nitrogen and oxygen atoms in total. The summed E-state index contributed by atoms with van der Waals surface area (Å²) in [6.07, 6.45) is 4.77. The van der Waals surface area contributed by atoms with Crippen molar-refractivity contribution < 1.29 is 68.4 Å². The van der Waals surface area contributed by atoms with Crippen molar-refractivity contribution >= 4 is 40.7 Å². The van der Waals surface area contributed by atoms with E-state index in [0.717, 1.165) is 32.1 Å². The largest absolute Gasteiger partial charge is 0.512 e. The molecule has 6 bridgehead atoms. The molecule has 7 aliphatic rings. The van der Waals surface area contributed by atoms with Gasteiger partial charge in [-0.2, -0.15) is 43.2 Å². The fourth-order valence-electron chi connectivity index (χ4n) is 11.0. The lowest BCUT2D eigenvalue weighted by atomic mass is 9.39. The number of halogens is 6. The summed E-state index contributed by atoms with van der Waals surface area (Å²) in [7, 11) is -23.4. The zero-order valence-corrected chi connectivity index (χ0v) is 26.6. The first-order valence-electron chi connectivity index (χ1n) is 14.4. The molecule has 45 heavy (non-hydrogen) atoms. The third-order valence-corrected chi connectivity index (χ3v) is 16.9. The Bertz CT molecular complexity index is 1650. The highest BCUT2D eigenvalue weighted by Crippen LogP contribution is 2.77. The van der Waals surface area contributed by atoms with E-state index in [0.29, 0.717) is 33.9 Å². The van der Waals surface area contributed by atoms with E-state index in [1.54, 1.807) is 0 Å². The second-order valence-electron chi connectivity index (χ2n) is 13.8. The van der Waals surface area contributed by atoms with Crippen molar-refractivity contribution in [1.82, 2.24) is 8.25 Å². The van der Waals surface area contributed by atoms with Crippen molar-refractivity contribution in [1.29, 1.82) is 0 Å². The first-order valence-corrected chi connectivity index (χ1v) is 20.2. The molecule has 0 saturated heterocycles. The van der Waals surface area contributed by atoms with Crippen LogP contribution in [-0.2, 0) is 49.0 Å². The van der Waals surface area contributed by atoms with Crippen molar-refractivity contribution in [3.8, 4) is 0 Å². The van der Waals surface area contributed by atoms with E-state index < -0.39 is 81.1 Å². The number of alkyl halides is 6. The summed E-state index contributed by atoms with van der Waals surface area (Å²) >= 11 is 0. The Morgan fingerprint density at radius 2 is 1.24 bits per heavy atom. The molecule has 0 aromatic rings. The van der Waals surface area contributed by atoms with Crippen LogP contribution in [-0.4, -0.2) is 57.4 Å². The third kappa shape index (κ3) is 5.73. The smallest absolute Gasteiger partial charge is 0.257 e. The van der Waals surface area contributed by atoms with E-state index >= 15 is 0 Å². The summed E-state index contributed by atoms with van der Waals surface area (Å²) in [5.41, 5.74) is -13.4. The molecule has 0 amide bonds. The molecule has 2 N–H and O–H groups in total. The van der Waals surface area contributed by atoms with Crippen molar-refractivity contribution in [2.75, 3.05) is 6.61 Å². The van der Waals surface area contributed by atoms with Crippen molar-refractivity contribution in [2.45, 2.75) is 81.3 Å². The normalized spacial score (nSPS) is 41.6. The van der Waals surface area contributed by atoms with Gasteiger partial charge in [0.2, 0.25) is 0 Å². The number of hydrogen-bond donors (Lipinski definition) is 2. The maximum absolute atomic E-state index is 12.9. The molecule has 0 spiro atoms. The summed E-state index contributed by atoms with van der Waals surface area (Å²) < 4.78 is 185. The zero-order valence-electron chi connectivity index (χ0n) is 23.4. The summed E-state index contributed by atoms with van der Waals surface area (Å²) in [6.45, 7) is -0.608. The minimum absolute atomic E-state index is 0.00788. The molecule has 0 aromatic heterocycles. The highest BCUT2D eigenvalue weighted by molar-refractivity contribution is 8.03. The standard InChI is InChI=1S/C23H32F6N2O10S4/c24-22(25,26)42(32,33)30-44(36,37)40-11-20-7-12-4-13(8-20)6-14(5-12)19(20)21-9-16(15-2-1-3-17(15)21)18(10-21)41-45(38,39)31-43(34,35)23(27,28)29/h12-19,30-31H,1-11H2. The van der Waals surface area contributed by atoms with Crippen LogP contribution in [0.3, 0.4) is 0 Å². The van der Waals surface area contributed by atoms with Crippen LogP contribution in [0.25, 0.3) is 0 Å². The lowest BCUT2D eigenvalue weighted by molar-refractivity contribution is -0.186. The Labute approximate surface area is 257 Å². The Morgan fingerprint density at radius 1 is 0.689 bits per heavy atom. The van der Waals surface area contributed by atoms with Crippen LogP contribution in [0.15, 0.2) is 0 Å². The molecule has 7 aliphatic carbocycles. The topological polar surface area (TPSA) is 179 Å². The maximum Gasteiger partial charge on any atom is 0.512 e. The first-order chi connectivity index (χ1) is 20.4. The Morgan fingerprint density at radius 3 is 1.80 bits per heavy atom. The van der Waals surface area contributed by atoms with E-state index in [-0.39, 0.29) is 41.9 Å². The van der Waals surface area contributed by atoms with Crippen LogP contribution in [0.1, 0.15) is 64.2 Å². The van der Waals surface area contributed by atoms with Gasteiger partial charge in [-0.3, -0.25) is 8.37 Å². The molecule has 0 heterocycles. The molecule has 0 aliphatic heterocycles. The lowest BCUT2D eigenvalue weighted by Gasteiger charge is -2.66. The molecule has 7 saturated carbocycles. The van der Waals surface area contributed by atoms with Gasteiger partial charge in [-0.05, 0) is 110 Å². The number of hydrogen-bond acceptors (Lipinski definition) is 10. The van der Waals surface area contributed by atoms with Gasteiger partial charge in [-0.15, -0.1) is 0 Å². The van der Waals surface area contributed by atoms with Crippen LogP contribution in [0.4, 0.5) is 26.3 Å². The summed E-state index contributed by atoms with van der Waals surface area (Å²) in [5.74, 6) is -0.502. The molecule has 8 atom stereocenters. The van der Waals surface area contributed by atoms with Crippen LogP contribution in [0.2, 0.25) is 0 Å². The Hall–Kier alpha value is -0.780. The minimum atomic E-state index is -6.29. The fraction of sp³-hybridized carbons (Fsp3) is 1.00. The monoisotopic (exact) mass is 738 g/mol. The van der Waals surface area contributed by atoms with Crippen molar-refractivity contribution in [3.63, 3.8) is 0 Å². The predicted octanol–water partition coefficient (Wildman–Crippen LogP) is 3.03. The van der Waals surface area contributed by atoms with Gasteiger partial charge >= 0.3 is 51.7 Å². The molecular weight excluding hydrogens is 707 g/mol. The first kappa shape index (κ1) is 34.1. The number of fused-ring (bicyclic) bond motifs is 6. The van der Waals surface area contributed by atoms with Gasteiger partial charge in [0.05, 0.1) is 12.7 Å². The van der Waals surface area contributed by atoms with Gasteiger partial charge < -0.3 is 0 Å². The lowest BCUT2D eigenvalue weighted by Crippen LogP contribution is -2.61. The molecule has 0 radical (unpaired) electrons. The van der Waals surface area contributed by atoms with Gasteiger partial charge in [0.1, 0.15) is 0 Å². The van der Waals surface area contributed by atoms with Crippen LogP contribution in [0.5, 0.6) is 0 Å². The van der Waals surface area contributed by atoms with Crippen LogP contribution < -0.4 is 8.25 Å². The van der Waals surface area contributed by atoms with Crippen molar-refractivity contribution in [2.24, 2.45) is 52.3 Å². The highest BCUT2D eigenvalue weighted by Gasteiger charge is 2.72. The van der Waals surface area contributed by atoms with E-state index in [9.17, 15) is 60.0 Å². The average molecular weight is 739 g/mol. The van der Waals surface area contributed by atoms with E-state index in [1.165, 1.54) is 0 Å². The number of nitrogens with one attached hydrogen (secondary N) is 2. The Balaban J connectivity index is 1.30. The summed E-state index contributed by atoms with van der Waals surface area (Å²) in [5, 5.41) is 0. The molecule has 22 heteroatoms. The number of sulfonamides is 2. The summed E-state index contributed by atoms with van der Waals surface area (Å²) in [4.78, 5) is 0. The van der Waals surface area contributed by atoms with Crippen LogP contribution in [0, 0.1) is 52.3 Å². The molecule has 7 fully saturated rings. The quantitative estimate of drug-likeness (QED) is 0.317. The molecule has 260 valence electrons. The second-order valence-corrected chi connectivity index (χ2v) is 20.3. The van der Waals surface area contributed by atoms with Crippen LogP contribution >= 0.6 is 0 Å². The SMILES string of the molecule is O=S(=O)(NS(=O)(=O)C(F)(F)F)OCC12CC3CC(CC(C3)C1C13CC(OS(=O)(=O)NS(=O)(=O)C(F)(F)F)C(C1)C1CCCC13)C2. The van der Waals surface area contributed by atoms with E-state index in [4.69, 9.17) is 8.37 Å². The zero-order chi connectivity index (χ0) is 33.2. The van der Waals surface area contributed by atoms with Gasteiger partial charge in [-0.1, -0.05) is 14.7 Å². The molecule has 7 rings (SSSR count). The van der Waals surface area contributed by atoms with E-state index in [1.807, 2.05) is 0 Å². The molecule has 8 unspecified atom stereocenters. The van der Waals surface area contributed by atoms with E-state index in [2.05, 4.69) is 0 Å². The van der Waals surface area contributed by atoms with Gasteiger partial charge in [0, 0.05) is 0 Å².